The summed E-state index contributed by atoms with van der Waals surface area (Å²) in [5, 5.41) is 3.06. The number of halogens is 1. The number of hydrogen-bond donors (Lipinski definition) is 1. The van der Waals surface area contributed by atoms with Gasteiger partial charge in [0.1, 0.15) is 0 Å². The lowest BCUT2D eigenvalue weighted by molar-refractivity contribution is 0.880. The van der Waals surface area contributed by atoms with Crippen molar-refractivity contribution >= 4 is 17.5 Å². The van der Waals surface area contributed by atoms with Crippen LogP contribution in [-0.4, -0.2) is 21.9 Å². The van der Waals surface area contributed by atoms with E-state index in [0.29, 0.717) is 11.8 Å². The van der Waals surface area contributed by atoms with Gasteiger partial charge in [0.2, 0.25) is 5.95 Å². The summed E-state index contributed by atoms with van der Waals surface area (Å²) in [5.74, 6) is 1.19. The zero-order valence-electron chi connectivity index (χ0n) is 7.21. The number of nitrogens with one attached hydrogen (secondary N) is 1. The van der Waals surface area contributed by atoms with Crippen molar-refractivity contribution in [1.82, 2.24) is 9.97 Å². The Morgan fingerprint density at radius 3 is 2.58 bits per heavy atom. The second-order valence-electron chi connectivity index (χ2n) is 2.78. The summed E-state index contributed by atoms with van der Waals surface area (Å²) in [4.78, 5) is 8.17. The van der Waals surface area contributed by atoms with Gasteiger partial charge in [-0.2, -0.15) is 0 Å². The van der Waals surface area contributed by atoms with Crippen LogP contribution < -0.4 is 5.32 Å². The molecule has 0 saturated carbocycles. The second-order valence-corrected chi connectivity index (χ2v) is 3.09. The molecular weight excluding hydrogens is 174 g/mol. The van der Waals surface area contributed by atoms with Crippen molar-refractivity contribution in [3.8, 4) is 0 Å². The average Bonchev–Trinajstić information content (AvgIpc) is 2.09. The fourth-order valence-corrected chi connectivity index (χ4v) is 0.803. The molecule has 4 heteroatoms. The van der Waals surface area contributed by atoms with E-state index in [0.717, 1.165) is 5.56 Å². The van der Waals surface area contributed by atoms with Crippen LogP contribution in [0, 0.1) is 6.92 Å². The van der Waals surface area contributed by atoms with E-state index < -0.39 is 0 Å². The summed E-state index contributed by atoms with van der Waals surface area (Å²) in [6, 6.07) is 0.203. The monoisotopic (exact) mass is 185 g/mol. The highest BCUT2D eigenvalue weighted by Gasteiger charge is 2.00. The Balaban J connectivity index is 2.58. The topological polar surface area (TPSA) is 37.8 Å². The van der Waals surface area contributed by atoms with Gasteiger partial charge in [-0.3, -0.25) is 0 Å². The molecule has 0 radical (unpaired) electrons. The maximum absolute atomic E-state index is 5.62. The number of nitrogens with zero attached hydrogens (tertiary/aromatic N) is 2. The summed E-state index contributed by atoms with van der Waals surface area (Å²) >= 11 is 5.62. The summed E-state index contributed by atoms with van der Waals surface area (Å²) in [5.41, 5.74) is 1.05. The highest BCUT2D eigenvalue weighted by molar-refractivity contribution is 6.18. The van der Waals surface area contributed by atoms with E-state index in [4.69, 9.17) is 11.6 Å². The molecule has 0 aromatic carbocycles. The zero-order chi connectivity index (χ0) is 8.97. The van der Waals surface area contributed by atoms with Gasteiger partial charge >= 0.3 is 0 Å². The number of hydrogen-bond acceptors (Lipinski definition) is 3. The van der Waals surface area contributed by atoms with Crippen LogP contribution in [0.2, 0.25) is 0 Å². The molecule has 1 unspecified atom stereocenters. The number of aromatic nitrogens is 2. The quantitative estimate of drug-likeness (QED) is 0.731. The SMILES string of the molecule is Cc1cnc(NC(C)CCl)nc1. The van der Waals surface area contributed by atoms with E-state index in [-0.39, 0.29) is 6.04 Å². The second kappa shape index (κ2) is 4.26. The Hall–Kier alpha value is -0.830. The van der Waals surface area contributed by atoms with E-state index in [1.165, 1.54) is 0 Å². The van der Waals surface area contributed by atoms with Crippen molar-refractivity contribution in [1.29, 1.82) is 0 Å². The molecule has 12 heavy (non-hydrogen) atoms. The first-order chi connectivity index (χ1) is 5.72. The average molecular weight is 186 g/mol. The Labute approximate surface area is 77.2 Å². The zero-order valence-corrected chi connectivity index (χ0v) is 7.97. The van der Waals surface area contributed by atoms with Crippen molar-refractivity contribution in [3.05, 3.63) is 18.0 Å². The Kier molecular flexibility index (Phi) is 3.29. The molecule has 0 spiro atoms. The summed E-state index contributed by atoms with van der Waals surface area (Å²) < 4.78 is 0. The van der Waals surface area contributed by atoms with Gasteiger partial charge < -0.3 is 5.32 Å². The number of alkyl halides is 1. The Morgan fingerprint density at radius 1 is 1.50 bits per heavy atom. The van der Waals surface area contributed by atoms with Crippen LogP contribution in [0.3, 0.4) is 0 Å². The number of anilines is 1. The largest absolute Gasteiger partial charge is 0.351 e. The predicted molar refractivity (Wildman–Crippen MR) is 50.6 cm³/mol. The molecule has 0 fully saturated rings. The first-order valence-electron chi connectivity index (χ1n) is 3.83. The standard InChI is InChI=1S/C8H12ClN3/c1-6-4-10-8(11-5-6)12-7(2)3-9/h4-5,7H,3H2,1-2H3,(H,10,11,12). The third-order valence-corrected chi connectivity index (χ3v) is 1.85. The van der Waals surface area contributed by atoms with E-state index in [1.807, 2.05) is 13.8 Å². The lowest BCUT2D eigenvalue weighted by atomic mass is 10.4. The normalized spacial score (nSPS) is 12.6. The molecule has 0 aliphatic rings. The molecule has 1 N–H and O–H groups in total. The maximum Gasteiger partial charge on any atom is 0.222 e. The molecule has 1 aromatic rings. The fourth-order valence-electron chi connectivity index (χ4n) is 0.726. The molecule has 1 heterocycles. The highest BCUT2D eigenvalue weighted by atomic mass is 35.5. The van der Waals surface area contributed by atoms with Gasteiger partial charge in [0.05, 0.1) is 0 Å². The molecule has 0 amide bonds. The minimum Gasteiger partial charge on any atom is -0.351 e. The fraction of sp³-hybridized carbons (Fsp3) is 0.500. The van der Waals surface area contributed by atoms with Gasteiger partial charge in [0.15, 0.2) is 0 Å². The predicted octanol–water partition coefficient (Wildman–Crippen LogP) is 1.82. The molecule has 0 bridgehead atoms. The molecule has 1 aromatic heterocycles. The van der Waals surface area contributed by atoms with E-state index in [1.54, 1.807) is 12.4 Å². The Bertz CT molecular complexity index is 235. The van der Waals surface area contributed by atoms with Gasteiger partial charge in [0.25, 0.3) is 0 Å². The molecule has 1 atom stereocenters. The molecule has 0 saturated heterocycles. The van der Waals surface area contributed by atoms with E-state index >= 15 is 0 Å². The lowest BCUT2D eigenvalue weighted by Crippen LogP contribution is -2.18. The van der Waals surface area contributed by atoms with Crippen LogP contribution in [0.1, 0.15) is 12.5 Å². The number of rotatable bonds is 3. The summed E-state index contributed by atoms with van der Waals surface area (Å²) in [6.07, 6.45) is 3.55. The first kappa shape index (κ1) is 9.26. The van der Waals surface area contributed by atoms with Gasteiger partial charge in [-0.1, -0.05) is 0 Å². The van der Waals surface area contributed by atoms with Crippen LogP contribution in [0.15, 0.2) is 12.4 Å². The lowest BCUT2D eigenvalue weighted by Gasteiger charge is -2.09. The van der Waals surface area contributed by atoms with Gasteiger partial charge in [-0.05, 0) is 19.4 Å². The Morgan fingerprint density at radius 2 is 2.08 bits per heavy atom. The minimum atomic E-state index is 0.203. The van der Waals surface area contributed by atoms with E-state index in [9.17, 15) is 0 Å². The third-order valence-electron chi connectivity index (χ3n) is 1.39. The van der Waals surface area contributed by atoms with Crippen molar-refractivity contribution < 1.29 is 0 Å². The van der Waals surface area contributed by atoms with Gasteiger partial charge in [0, 0.05) is 24.3 Å². The number of aryl methyl sites for hydroxylation is 1. The smallest absolute Gasteiger partial charge is 0.222 e. The van der Waals surface area contributed by atoms with Crippen LogP contribution in [0.5, 0.6) is 0 Å². The molecule has 0 aliphatic heterocycles. The molecular formula is C8H12ClN3. The van der Waals surface area contributed by atoms with Crippen LogP contribution in [0.4, 0.5) is 5.95 Å². The van der Waals surface area contributed by atoms with Crippen LogP contribution in [0.25, 0.3) is 0 Å². The van der Waals surface area contributed by atoms with Crippen molar-refractivity contribution in [2.75, 3.05) is 11.2 Å². The van der Waals surface area contributed by atoms with Gasteiger partial charge in [-0.25, -0.2) is 9.97 Å². The molecule has 1 rings (SSSR count). The van der Waals surface area contributed by atoms with E-state index in [2.05, 4.69) is 15.3 Å². The van der Waals surface area contributed by atoms with Crippen molar-refractivity contribution in [2.45, 2.75) is 19.9 Å². The minimum absolute atomic E-state index is 0.203. The third kappa shape index (κ3) is 2.66. The summed E-state index contributed by atoms with van der Waals surface area (Å²) in [7, 11) is 0. The van der Waals surface area contributed by atoms with Crippen molar-refractivity contribution in [2.24, 2.45) is 0 Å². The van der Waals surface area contributed by atoms with Crippen LogP contribution >= 0.6 is 11.6 Å². The first-order valence-corrected chi connectivity index (χ1v) is 4.37. The molecule has 3 nitrogen and oxygen atoms in total. The van der Waals surface area contributed by atoms with Crippen molar-refractivity contribution in [3.63, 3.8) is 0 Å². The highest BCUT2D eigenvalue weighted by Crippen LogP contribution is 2.01. The molecule has 66 valence electrons. The molecule has 0 aliphatic carbocycles. The van der Waals surface area contributed by atoms with Crippen LogP contribution in [-0.2, 0) is 0 Å². The van der Waals surface area contributed by atoms with Gasteiger partial charge in [-0.15, -0.1) is 11.6 Å². The summed E-state index contributed by atoms with van der Waals surface area (Å²) in [6.45, 7) is 3.94. The maximum atomic E-state index is 5.62.